The third-order valence-corrected chi connectivity index (χ3v) is 6.99. The lowest BCUT2D eigenvalue weighted by atomic mass is 9.58. The van der Waals surface area contributed by atoms with Crippen molar-refractivity contribution in [2.45, 2.75) is 58.1 Å². The van der Waals surface area contributed by atoms with Gasteiger partial charge in [0.25, 0.3) is 5.91 Å². The summed E-state index contributed by atoms with van der Waals surface area (Å²) in [6, 6.07) is 17.1. The smallest absolute Gasteiger partial charge is 0.328 e. The van der Waals surface area contributed by atoms with E-state index in [-0.39, 0.29) is 17.2 Å². The third-order valence-electron chi connectivity index (χ3n) is 6.99. The molecule has 2 aromatic carbocycles. The van der Waals surface area contributed by atoms with Crippen LogP contribution in [0.3, 0.4) is 0 Å². The molecule has 1 aliphatic carbocycles. The predicted octanol–water partition coefficient (Wildman–Crippen LogP) is 4.44. The van der Waals surface area contributed by atoms with Gasteiger partial charge in [-0.05, 0) is 44.7 Å². The van der Waals surface area contributed by atoms with Crippen LogP contribution in [-0.4, -0.2) is 42.1 Å². The quantitative estimate of drug-likeness (QED) is 0.442. The number of pyridine rings is 1. The summed E-state index contributed by atoms with van der Waals surface area (Å²) < 4.78 is 16.4. The molecule has 0 radical (unpaired) electrons. The SMILES string of the molecule is COc1ccnc(C(=O)N[C@@H](C)C(=O)OC2CCC2(c2ccc(C)cc2)c2ccc(C)cc2)c1OC(C)=O. The molecule has 1 heterocycles. The molecule has 0 aliphatic heterocycles. The van der Waals surface area contributed by atoms with Crippen molar-refractivity contribution < 1.29 is 28.6 Å². The number of carbonyl (C=O) groups is 3. The Hall–Kier alpha value is -4.20. The highest BCUT2D eigenvalue weighted by atomic mass is 16.6. The van der Waals surface area contributed by atoms with Crippen LogP contribution in [0, 0.1) is 13.8 Å². The van der Waals surface area contributed by atoms with Crippen molar-refractivity contribution >= 4 is 17.8 Å². The summed E-state index contributed by atoms with van der Waals surface area (Å²) in [7, 11) is 1.39. The number of nitrogens with one attached hydrogen (secondary N) is 1. The van der Waals surface area contributed by atoms with Gasteiger partial charge in [-0.25, -0.2) is 9.78 Å². The summed E-state index contributed by atoms with van der Waals surface area (Å²) in [6.45, 7) is 6.83. The van der Waals surface area contributed by atoms with Gasteiger partial charge < -0.3 is 19.5 Å². The molecule has 8 heteroatoms. The maximum absolute atomic E-state index is 13.2. The van der Waals surface area contributed by atoms with Crippen molar-refractivity contribution in [3.8, 4) is 11.5 Å². The Bertz CT molecular complexity index is 1290. The maximum atomic E-state index is 13.2. The van der Waals surface area contributed by atoms with E-state index in [9.17, 15) is 14.4 Å². The minimum absolute atomic E-state index is 0.114. The van der Waals surface area contributed by atoms with E-state index in [0.29, 0.717) is 6.42 Å². The Morgan fingerprint density at radius 2 is 1.55 bits per heavy atom. The number of aryl methyl sites for hydroxylation is 2. The minimum Gasteiger partial charge on any atom is -0.493 e. The monoisotopic (exact) mass is 516 g/mol. The normalized spacial score (nSPS) is 16.5. The van der Waals surface area contributed by atoms with Crippen molar-refractivity contribution in [2.24, 2.45) is 0 Å². The molecule has 0 spiro atoms. The Morgan fingerprint density at radius 3 is 2.03 bits per heavy atom. The van der Waals surface area contributed by atoms with Gasteiger partial charge in [-0.15, -0.1) is 0 Å². The van der Waals surface area contributed by atoms with Crippen LogP contribution in [0.15, 0.2) is 60.8 Å². The molecule has 0 saturated heterocycles. The largest absolute Gasteiger partial charge is 0.493 e. The zero-order valence-corrected chi connectivity index (χ0v) is 22.2. The van der Waals surface area contributed by atoms with Crippen LogP contribution in [-0.2, 0) is 19.7 Å². The molecule has 1 aromatic heterocycles. The molecule has 2 atom stereocenters. The summed E-state index contributed by atoms with van der Waals surface area (Å²) in [5.74, 6) is -1.83. The molecule has 3 aromatic rings. The van der Waals surface area contributed by atoms with Gasteiger partial charge in [0.15, 0.2) is 11.4 Å². The van der Waals surface area contributed by atoms with Crippen LogP contribution in [0.1, 0.15) is 59.4 Å². The number of methoxy groups -OCH3 is 1. The van der Waals surface area contributed by atoms with Crippen LogP contribution in [0.5, 0.6) is 11.5 Å². The van der Waals surface area contributed by atoms with E-state index >= 15 is 0 Å². The molecule has 1 saturated carbocycles. The van der Waals surface area contributed by atoms with Crippen LogP contribution < -0.4 is 14.8 Å². The summed E-state index contributed by atoms with van der Waals surface area (Å²) in [5, 5.41) is 2.61. The first-order chi connectivity index (χ1) is 18.1. The summed E-state index contributed by atoms with van der Waals surface area (Å²) in [4.78, 5) is 41.8. The van der Waals surface area contributed by atoms with Crippen LogP contribution in [0.2, 0.25) is 0 Å². The Morgan fingerprint density at radius 1 is 0.974 bits per heavy atom. The lowest BCUT2D eigenvalue weighted by Gasteiger charge is -2.49. The molecule has 1 unspecified atom stereocenters. The van der Waals surface area contributed by atoms with Gasteiger partial charge in [0, 0.05) is 19.2 Å². The van der Waals surface area contributed by atoms with E-state index in [1.54, 1.807) is 6.92 Å². The molecule has 1 N–H and O–H groups in total. The first-order valence-electron chi connectivity index (χ1n) is 12.5. The zero-order chi connectivity index (χ0) is 27.4. The Kier molecular flexibility index (Phi) is 7.80. The van der Waals surface area contributed by atoms with Gasteiger partial charge in [0.1, 0.15) is 12.1 Å². The molecule has 1 amide bonds. The molecule has 1 aliphatic rings. The van der Waals surface area contributed by atoms with Crippen molar-refractivity contribution in [1.29, 1.82) is 0 Å². The van der Waals surface area contributed by atoms with Gasteiger partial charge in [-0.1, -0.05) is 59.7 Å². The van der Waals surface area contributed by atoms with Gasteiger partial charge >= 0.3 is 11.9 Å². The minimum atomic E-state index is -0.977. The summed E-state index contributed by atoms with van der Waals surface area (Å²) in [6.07, 6.45) is 2.49. The fourth-order valence-electron chi connectivity index (χ4n) is 4.80. The van der Waals surface area contributed by atoms with Crippen LogP contribution in [0.25, 0.3) is 0 Å². The van der Waals surface area contributed by atoms with E-state index in [1.165, 1.54) is 26.3 Å². The molecular formula is C30H32N2O6. The number of amides is 1. The molecule has 38 heavy (non-hydrogen) atoms. The van der Waals surface area contributed by atoms with Crippen molar-refractivity contribution in [2.75, 3.05) is 7.11 Å². The Balaban J connectivity index is 1.54. The standard InChI is InChI=1S/C30H32N2O6/c1-18-6-10-22(11-7-18)30(23-12-8-19(2)9-13-23)16-14-25(30)38-29(35)20(3)32-28(34)26-27(37-21(4)33)24(36-5)15-17-31-26/h6-13,15,17,20,25H,14,16H2,1-5H3,(H,32,34)/t20-,25?/m0/s1. The highest BCUT2D eigenvalue weighted by Gasteiger charge is 2.52. The van der Waals surface area contributed by atoms with Gasteiger partial charge in [0.2, 0.25) is 5.75 Å². The van der Waals surface area contributed by atoms with Crippen molar-refractivity contribution in [1.82, 2.24) is 10.3 Å². The van der Waals surface area contributed by atoms with Gasteiger partial charge in [0.05, 0.1) is 12.5 Å². The van der Waals surface area contributed by atoms with E-state index in [2.05, 4.69) is 58.8 Å². The molecule has 198 valence electrons. The van der Waals surface area contributed by atoms with E-state index in [0.717, 1.165) is 28.7 Å². The molecular weight excluding hydrogens is 484 g/mol. The fourth-order valence-corrected chi connectivity index (χ4v) is 4.80. The zero-order valence-electron chi connectivity index (χ0n) is 22.2. The number of nitrogens with zero attached hydrogens (tertiary/aromatic N) is 1. The highest BCUT2D eigenvalue weighted by Crippen LogP contribution is 2.51. The topological polar surface area (TPSA) is 104 Å². The van der Waals surface area contributed by atoms with Crippen LogP contribution >= 0.6 is 0 Å². The van der Waals surface area contributed by atoms with Gasteiger partial charge in [-0.2, -0.15) is 0 Å². The average molecular weight is 517 g/mol. The van der Waals surface area contributed by atoms with E-state index in [1.807, 2.05) is 13.8 Å². The number of benzene rings is 2. The number of esters is 2. The maximum Gasteiger partial charge on any atom is 0.328 e. The third kappa shape index (κ3) is 5.25. The second-order valence-electron chi connectivity index (χ2n) is 9.65. The average Bonchev–Trinajstić information content (AvgIpc) is 2.88. The first-order valence-corrected chi connectivity index (χ1v) is 12.5. The lowest BCUT2D eigenvalue weighted by Crippen LogP contribution is -2.53. The summed E-state index contributed by atoms with van der Waals surface area (Å²) >= 11 is 0. The van der Waals surface area contributed by atoms with E-state index in [4.69, 9.17) is 14.2 Å². The molecule has 8 nitrogen and oxygen atoms in total. The number of rotatable bonds is 8. The lowest BCUT2D eigenvalue weighted by molar-refractivity contribution is -0.160. The van der Waals surface area contributed by atoms with E-state index < -0.39 is 35.4 Å². The number of carbonyl (C=O) groups excluding carboxylic acids is 3. The fraction of sp³-hybridized carbons (Fsp3) is 0.333. The predicted molar refractivity (Wildman–Crippen MR) is 141 cm³/mol. The molecule has 4 rings (SSSR count). The second kappa shape index (κ2) is 11.0. The second-order valence-corrected chi connectivity index (χ2v) is 9.65. The van der Waals surface area contributed by atoms with Crippen molar-refractivity contribution in [3.05, 3.63) is 88.7 Å². The Labute approximate surface area is 222 Å². The first kappa shape index (κ1) is 26.9. The summed E-state index contributed by atoms with van der Waals surface area (Å²) in [5.41, 5.74) is 3.82. The molecule has 1 fully saturated rings. The highest BCUT2D eigenvalue weighted by molar-refractivity contribution is 5.98. The number of ether oxygens (including phenoxy) is 3. The molecule has 0 bridgehead atoms. The number of hydrogen-bond donors (Lipinski definition) is 1. The van der Waals surface area contributed by atoms with Gasteiger partial charge in [-0.3, -0.25) is 9.59 Å². The number of aromatic nitrogens is 1. The van der Waals surface area contributed by atoms with Crippen molar-refractivity contribution in [3.63, 3.8) is 0 Å². The number of hydrogen-bond acceptors (Lipinski definition) is 7. The van der Waals surface area contributed by atoms with Crippen LogP contribution in [0.4, 0.5) is 0 Å².